The summed E-state index contributed by atoms with van der Waals surface area (Å²) >= 11 is 0. The molecule has 3 rings (SSSR count). The largest absolute Gasteiger partial charge is 0.338 e. The van der Waals surface area contributed by atoms with Crippen LogP contribution in [0.3, 0.4) is 0 Å². The molecule has 5 heteroatoms. The number of hydrogen-bond donors (Lipinski definition) is 1. The summed E-state index contributed by atoms with van der Waals surface area (Å²) in [4.78, 5) is 30.8. The van der Waals surface area contributed by atoms with Gasteiger partial charge in [-0.1, -0.05) is 35.9 Å². The van der Waals surface area contributed by atoms with Gasteiger partial charge in [-0.25, -0.2) is 4.79 Å². The number of urea groups is 1. The Balaban J connectivity index is 1.43. The zero-order valence-electron chi connectivity index (χ0n) is 15.1. The monoisotopic (exact) mass is 351 g/mol. The highest BCUT2D eigenvalue weighted by Crippen LogP contribution is 2.22. The summed E-state index contributed by atoms with van der Waals surface area (Å²) in [5.74, 6) is 0.207. The van der Waals surface area contributed by atoms with Crippen LogP contribution in [0.5, 0.6) is 0 Å². The van der Waals surface area contributed by atoms with Crippen LogP contribution in [0.25, 0.3) is 0 Å². The van der Waals surface area contributed by atoms with E-state index in [1.165, 1.54) is 0 Å². The second kappa shape index (κ2) is 8.61. The first-order valence-corrected chi connectivity index (χ1v) is 9.16. The van der Waals surface area contributed by atoms with Crippen LogP contribution in [-0.2, 0) is 6.42 Å². The van der Waals surface area contributed by atoms with E-state index >= 15 is 0 Å². The number of nitrogens with one attached hydrogen (secondary N) is 1. The molecule has 0 spiro atoms. The summed E-state index contributed by atoms with van der Waals surface area (Å²) in [6.07, 6.45) is 5.77. The molecule has 1 aliphatic heterocycles. The normalized spacial score (nSPS) is 14.9. The van der Waals surface area contributed by atoms with Crippen molar-refractivity contribution in [1.29, 1.82) is 0 Å². The minimum absolute atomic E-state index is 0.0112. The number of ketones is 1. The Kier molecular flexibility index (Phi) is 6.00. The van der Waals surface area contributed by atoms with Crippen molar-refractivity contribution in [3.8, 4) is 0 Å². The van der Waals surface area contributed by atoms with Gasteiger partial charge >= 0.3 is 6.03 Å². The lowest BCUT2D eigenvalue weighted by Gasteiger charge is -2.31. The van der Waals surface area contributed by atoms with E-state index in [1.54, 1.807) is 6.20 Å². The van der Waals surface area contributed by atoms with Crippen LogP contribution < -0.4 is 5.32 Å². The molecule has 5 nitrogen and oxygen atoms in total. The van der Waals surface area contributed by atoms with Crippen molar-refractivity contribution in [2.75, 3.05) is 19.6 Å². The molecule has 0 bridgehead atoms. The standard InChI is InChI=1S/C21H25N3O2/c1-16-4-6-18(7-5-16)20(25)19-9-13-24(14-10-19)21(26)23-12-8-17-3-2-11-22-15-17/h2-7,11,15,19H,8-10,12-14H2,1H3,(H,23,26). The van der Waals surface area contributed by atoms with Gasteiger partial charge in [0.15, 0.2) is 5.78 Å². The molecular formula is C21H25N3O2. The van der Waals surface area contributed by atoms with Gasteiger partial charge in [0.1, 0.15) is 0 Å². The first-order valence-electron chi connectivity index (χ1n) is 9.16. The fourth-order valence-electron chi connectivity index (χ4n) is 3.27. The number of hydrogen-bond acceptors (Lipinski definition) is 3. The second-order valence-corrected chi connectivity index (χ2v) is 6.83. The van der Waals surface area contributed by atoms with Crippen LogP contribution in [-0.4, -0.2) is 41.3 Å². The minimum atomic E-state index is -0.0462. The van der Waals surface area contributed by atoms with Crippen LogP contribution in [0.4, 0.5) is 4.79 Å². The third-order valence-electron chi connectivity index (χ3n) is 4.90. The van der Waals surface area contributed by atoms with Gasteiger partial charge < -0.3 is 10.2 Å². The summed E-state index contributed by atoms with van der Waals surface area (Å²) in [6.45, 7) is 3.86. The lowest BCUT2D eigenvalue weighted by atomic mass is 9.89. The van der Waals surface area contributed by atoms with Gasteiger partial charge in [-0.15, -0.1) is 0 Å². The summed E-state index contributed by atoms with van der Waals surface area (Å²) < 4.78 is 0. The number of nitrogens with zero attached hydrogens (tertiary/aromatic N) is 2. The Morgan fingerprint density at radius 2 is 1.88 bits per heavy atom. The Labute approximate surface area is 154 Å². The van der Waals surface area contributed by atoms with E-state index in [9.17, 15) is 9.59 Å². The third kappa shape index (κ3) is 4.69. The van der Waals surface area contributed by atoms with Crippen molar-refractivity contribution in [3.05, 3.63) is 65.5 Å². The fraction of sp³-hybridized carbons (Fsp3) is 0.381. The molecule has 1 aromatic carbocycles. The molecule has 1 aliphatic rings. The number of Topliss-reactive ketones (excluding diaryl/α,β-unsaturated/α-hetero) is 1. The smallest absolute Gasteiger partial charge is 0.317 e. The predicted octanol–water partition coefficient (Wildman–Crippen LogP) is 3.24. The van der Waals surface area contributed by atoms with Crippen LogP contribution in [0.1, 0.15) is 34.3 Å². The lowest BCUT2D eigenvalue weighted by Crippen LogP contribution is -2.45. The zero-order chi connectivity index (χ0) is 18.4. The SMILES string of the molecule is Cc1ccc(C(=O)C2CCN(C(=O)NCCc3cccnc3)CC2)cc1. The van der Waals surface area contributed by atoms with E-state index in [4.69, 9.17) is 0 Å². The molecule has 26 heavy (non-hydrogen) atoms. The minimum Gasteiger partial charge on any atom is -0.338 e. The Hall–Kier alpha value is -2.69. The number of rotatable bonds is 5. The molecule has 1 N–H and O–H groups in total. The molecule has 2 amide bonds. The Bertz CT molecular complexity index is 736. The molecule has 0 unspecified atom stereocenters. The van der Waals surface area contributed by atoms with Crippen molar-refractivity contribution in [2.45, 2.75) is 26.2 Å². The number of aromatic nitrogens is 1. The van der Waals surface area contributed by atoms with Gasteiger partial charge in [0, 0.05) is 43.5 Å². The molecule has 1 fully saturated rings. The van der Waals surface area contributed by atoms with E-state index in [2.05, 4.69) is 10.3 Å². The maximum Gasteiger partial charge on any atom is 0.317 e. The van der Waals surface area contributed by atoms with Crippen molar-refractivity contribution < 1.29 is 9.59 Å². The van der Waals surface area contributed by atoms with Gasteiger partial charge in [-0.3, -0.25) is 9.78 Å². The molecule has 0 radical (unpaired) electrons. The first kappa shape index (κ1) is 18.1. The molecule has 0 atom stereocenters. The highest BCUT2D eigenvalue weighted by atomic mass is 16.2. The molecule has 2 heterocycles. The quantitative estimate of drug-likeness (QED) is 0.841. The van der Waals surface area contributed by atoms with E-state index in [0.29, 0.717) is 19.6 Å². The highest BCUT2D eigenvalue weighted by Gasteiger charge is 2.27. The first-order chi connectivity index (χ1) is 12.6. The second-order valence-electron chi connectivity index (χ2n) is 6.83. The molecule has 2 aromatic rings. The average Bonchev–Trinajstić information content (AvgIpc) is 2.69. The van der Waals surface area contributed by atoms with Crippen LogP contribution in [0, 0.1) is 12.8 Å². The number of carbonyl (C=O) groups excluding carboxylic acids is 2. The Morgan fingerprint density at radius 1 is 1.15 bits per heavy atom. The molecule has 1 aromatic heterocycles. The number of benzene rings is 1. The molecule has 0 saturated carbocycles. The molecular weight excluding hydrogens is 326 g/mol. The summed E-state index contributed by atoms with van der Waals surface area (Å²) in [7, 11) is 0. The third-order valence-corrected chi connectivity index (χ3v) is 4.90. The Morgan fingerprint density at radius 3 is 2.54 bits per heavy atom. The highest BCUT2D eigenvalue weighted by molar-refractivity contribution is 5.98. The van der Waals surface area contributed by atoms with Crippen LogP contribution >= 0.6 is 0 Å². The topological polar surface area (TPSA) is 62.3 Å². The zero-order valence-corrected chi connectivity index (χ0v) is 15.1. The van der Waals surface area contributed by atoms with Crippen molar-refractivity contribution in [1.82, 2.24) is 15.2 Å². The van der Waals surface area contributed by atoms with Crippen LogP contribution in [0.15, 0.2) is 48.8 Å². The molecule has 1 saturated heterocycles. The van der Waals surface area contributed by atoms with E-state index < -0.39 is 0 Å². The average molecular weight is 351 g/mol. The van der Waals surface area contributed by atoms with Crippen molar-refractivity contribution in [3.63, 3.8) is 0 Å². The maximum atomic E-state index is 12.6. The van der Waals surface area contributed by atoms with Gasteiger partial charge in [-0.05, 0) is 37.8 Å². The predicted molar refractivity (Wildman–Crippen MR) is 101 cm³/mol. The van der Waals surface area contributed by atoms with E-state index in [0.717, 1.165) is 36.0 Å². The summed E-state index contributed by atoms with van der Waals surface area (Å²) in [6, 6.07) is 11.6. The summed E-state index contributed by atoms with van der Waals surface area (Å²) in [5, 5.41) is 2.96. The number of amides is 2. The number of pyridine rings is 1. The number of carbonyl (C=O) groups is 2. The van der Waals surface area contributed by atoms with Gasteiger partial charge in [-0.2, -0.15) is 0 Å². The van der Waals surface area contributed by atoms with Crippen molar-refractivity contribution in [2.24, 2.45) is 5.92 Å². The lowest BCUT2D eigenvalue weighted by molar-refractivity contribution is 0.0854. The molecule has 136 valence electrons. The number of aryl methyl sites for hydroxylation is 1. The number of likely N-dealkylation sites (tertiary alicyclic amines) is 1. The van der Waals surface area contributed by atoms with Gasteiger partial charge in [0.05, 0.1) is 0 Å². The number of piperidine rings is 1. The van der Waals surface area contributed by atoms with Crippen LogP contribution in [0.2, 0.25) is 0 Å². The molecule has 0 aliphatic carbocycles. The van der Waals surface area contributed by atoms with Crippen molar-refractivity contribution >= 4 is 11.8 Å². The van der Waals surface area contributed by atoms with Gasteiger partial charge in [0.2, 0.25) is 0 Å². The van der Waals surface area contributed by atoms with E-state index in [-0.39, 0.29) is 17.7 Å². The van der Waals surface area contributed by atoms with E-state index in [1.807, 2.05) is 54.4 Å². The maximum absolute atomic E-state index is 12.6. The summed E-state index contributed by atoms with van der Waals surface area (Å²) in [5.41, 5.74) is 3.03. The fourth-order valence-corrected chi connectivity index (χ4v) is 3.27. The van der Waals surface area contributed by atoms with Gasteiger partial charge in [0.25, 0.3) is 0 Å².